The van der Waals surface area contributed by atoms with Crippen LogP contribution in [0.4, 0.5) is 5.69 Å². The van der Waals surface area contributed by atoms with E-state index in [1.165, 1.54) is 9.87 Å². The monoisotopic (exact) mass is 514 g/mol. The zero-order valence-corrected chi connectivity index (χ0v) is 21.8. The Morgan fingerprint density at radius 3 is 2.29 bits per heavy atom. The van der Waals surface area contributed by atoms with Crippen molar-refractivity contribution in [2.24, 2.45) is 0 Å². The lowest BCUT2D eigenvalue weighted by Gasteiger charge is -2.24. The molecule has 0 aliphatic carbocycles. The smallest absolute Gasteiger partial charge is 0.251 e. The van der Waals surface area contributed by atoms with Crippen molar-refractivity contribution in [2.75, 3.05) is 23.7 Å². The number of rotatable bonds is 11. The number of carbonyl (C=O) groups is 1. The molecule has 0 fully saturated rings. The van der Waals surface area contributed by atoms with E-state index >= 15 is 0 Å². The molecule has 35 heavy (non-hydrogen) atoms. The quantitative estimate of drug-likeness (QED) is 0.349. The van der Waals surface area contributed by atoms with Crippen LogP contribution in [0.3, 0.4) is 0 Å². The molecule has 6 nitrogen and oxygen atoms in total. The van der Waals surface area contributed by atoms with Crippen molar-refractivity contribution >= 4 is 33.2 Å². The van der Waals surface area contributed by atoms with Crippen LogP contribution in [0.1, 0.15) is 40.4 Å². The van der Waals surface area contributed by atoms with Crippen molar-refractivity contribution < 1.29 is 17.9 Å². The first-order valence-electron chi connectivity index (χ1n) is 11.5. The molecule has 3 aromatic carbocycles. The molecule has 8 heteroatoms. The molecule has 0 aromatic heterocycles. The molecule has 0 bridgehead atoms. The standard InChI is InChI=1S/C27H31ClN2O4S/c1-4-5-21-9-14-25(15-10-21)34-17-16-29-27(31)23-11-7-22(8-12-23)19-30(35(3,32)33)26-18-24(28)13-6-20(26)2/h6-15,18H,4-5,16-17,19H2,1-3H3,(H,29,31). The van der Waals surface area contributed by atoms with Crippen LogP contribution in [-0.2, 0) is 23.0 Å². The summed E-state index contributed by atoms with van der Waals surface area (Å²) in [6, 6.07) is 20.0. The second kappa shape index (κ2) is 12.1. The molecule has 0 aliphatic rings. The summed E-state index contributed by atoms with van der Waals surface area (Å²) in [5, 5.41) is 3.30. The first-order chi connectivity index (χ1) is 16.7. The van der Waals surface area contributed by atoms with Crippen LogP contribution in [0.2, 0.25) is 5.02 Å². The van der Waals surface area contributed by atoms with Crippen molar-refractivity contribution in [3.05, 3.63) is 94.0 Å². The van der Waals surface area contributed by atoms with Gasteiger partial charge in [0.05, 0.1) is 25.0 Å². The van der Waals surface area contributed by atoms with E-state index in [4.69, 9.17) is 16.3 Å². The van der Waals surface area contributed by atoms with Crippen LogP contribution in [0, 0.1) is 6.92 Å². The van der Waals surface area contributed by atoms with Gasteiger partial charge >= 0.3 is 0 Å². The SMILES string of the molecule is CCCc1ccc(OCCNC(=O)c2ccc(CN(c3cc(Cl)ccc3C)S(C)(=O)=O)cc2)cc1. The number of nitrogens with one attached hydrogen (secondary N) is 1. The second-order valence-corrected chi connectivity index (χ2v) is 10.7. The van der Waals surface area contributed by atoms with Crippen molar-refractivity contribution in [3.63, 3.8) is 0 Å². The van der Waals surface area contributed by atoms with Gasteiger partial charge in [-0.1, -0.05) is 55.3 Å². The number of amides is 1. The highest BCUT2D eigenvalue weighted by Crippen LogP contribution is 2.28. The minimum atomic E-state index is -3.54. The summed E-state index contributed by atoms with van der Waals surface area (Å²) in [6.45, 7) is 4.84. The summed E-state index contributed by atoms with van der Waals surface area (Å²) in [5.41, 5.74) is 3.85. The number of sulfonamides is 1. The van der Waals surface area contributed by atoms with Crippen LogP contribution >= 0.6 is 11.6 Å². The van der Waals surface area contributed by atoms with Gasteiger partial charge in [0.2, 0.25) is 10.0 Å². The van der Waals surface area contributed by atoms with Crippen LogP contribution in [0.15, 0.2) is 66.7 Å². The number of anilines is 1. The third-order valence-electron chi connectivity index (χ3n) is 5.50. The van der Waals surface area contributed by atoms with E-state index in [2.05, 4.69) is 24.4 Å². The van der Waals surface area contributed by atoms with Gasteiger partial charge in [-0.05, 0) is 66.4 Å². The lowest BCUT2D eigenvalue weighted by atomic mass is 10.1. The second-order valence-electron chi connectivity index (χ2n) is 8.40. The first-order valence-corrected chi connectivity index (χ1v) is 13.7. The van der Waals surface area contributed by atoms with Crippen molar-refractivity contribution in [3.8, 4) is 5.75 Å². The number of hydrogen-bond donors (Lipinski definition) is 1. The van der Waals surface area contributed by atoms with Gasteiger partial charge in [0.15, 0.2) is 0 Å². The Balaban J connectivity index is 1.56. The molecule has 0 saturated carbocycles. The Bertz CT molecular complexity index is 1240. The van der Waals surface area contributed by atoms with Gasteiger partial charge in [-0.3, -0.25) is 9.10 Å². The fourth-order valence-electron chi connectivity index (χ4n) is 3.64. The predicted octanol–water partition coefficient (Wildman–Crippen LogP) is 5.38. The number of ether oxygens (including phenoxy) is 1. The predicted molar refractivity (Wildman–Crippen MR) is 142 cm³/mol. The van der Waals surface area contributed by atoms with Crippen LogP contribution in [0.25, 0.3) is 0 Å². The minimum Gasteiger partial charge on any atom is -0.492 e. The van der Waals surface area contributed by atoms with E-state index in [1.807, 2.05) is 19.1 Å². The van der Waals surface area contributed by atoms with E-state index in [0.717, 1.165) is 36.0 Å². The summed E-state index contributed by atoms with van der Waals surface area (Å²) < 4.78 is 32.0. The Morgan fingerprint density at radius 2 is 1.66 bits per heavy atom. The first kappa shape index (κ1) is 26.6. The Kier molecular flexibility index (Phi) is 9.18. The summed E-state index contributed by atoms with van der Waals surface area (Å²) in [7, 11) is -3.54. The molecular weight excluding hydrogens is 484 g/mol. The zero-order chi connectivity index (χ0) is 25.4. The third kappa shape index (κ3) is 7.73. The molecule has 0 saturated heterocycles. The van der Waals surface area contributed by atoms with Gasteiger partial charge in [-0.15, -0.1) is 0 Å². The molecule has 0 atom stereocenters. The molecule has 3 aromatic rings. The third-order valence-corrected chi connectivity index (χ3v) is 6.86. The molecule has 0 aliphatic heterocycles. The average Bonchev–Trinajstić information content (AvgIpc) is 2.83. The molecule has 1 N–H and O–H groups in total. The van der Waals surface area contributed by atoms with E-state index < -0.39 is 10.0 Å². The lowest BCUT2D eigenvalue weighted by Crippen LogP contribution is -2.30. The number of aryl methyl sites for hydroxylation is 2. The van der Waals surface area contributed by atoms with Gasteiger partial charge in [-0.2, -0.15) is 0 Å². The molecule has 0 unspecified atom stereocenters. The van der Waals surface area contributed by atoms with Crippen LogP contribution in [-0.4, -0.2) is 33.7 Å². The molecular formula is C27H31ClN2O4S. The molecule has 186 valence electrons. The van der Waals surface area contributed by atoms with Crippen LogP contribution < -0.4 is 14.4 Å². The minimum absolute atomic E-state index is 0.132. The lowest BCUT2D eigenvalue weighted by molar-refractivity contribution is 0.0947. The van der Waals surface area contributed by atoms with Crippen molar-refractivity contribution in [2.45, 2.75) is 33.2 Å². The fraction of sp³-hybridized carbons (Fsp3) is 0.296. The van der Waals surface area contributed by atoms with Gasteiger partial charge in [0.25, 0.3) is 5.91 Å². The molecule has 1 amide bonds. The maximum atomic E-state index is 12.5. The zero-order valence-electron chi connectivity index (χ0n) is 20.3. The Hall–Kier alpha value is -3.03. The molecule has 0 heterocycles. The largest absolute Gasteiger partial charge is 0.492 e. The van der Waals surface area contributed by atoms with Gasteiger partial charge in [-0.25, -0.2) is 8.42 Å². The average molecular weight is 515 g/mol. The highest BCUT2D eigenvalue weighted by molar-refractivity contribution is 7.92. The van der Waals surface area contributed by atoms with E-state index in [-0.39, 0.29) is 12.5 Å². The van der Waals surface area contributed by atoms with Gasteiger partial charge < -0.3 is 10.1 Å². The number of halogens is 1. The van der Waals surface area contributed by atoms with Gasteiger partial charge in [0, 0.05) is 10.6 Å². The summed E-state index contributed by atoms with van der Waals surface area (Å²) >= 11 is 6.10. The summed E-state index contributed by atoms with van der Waals surface area (Å²) in [6.07, 6.45) is 3.31. The molecule has 0 spiro atoms. The van der Waals surface area contributed by atoms with Crippen molar-refractivity contribution in [1.29, 1.82) is 0 Å². The topological polar surface area (TPSA) is 75.7 Å². The van der Waals surface area contributed by atoms with E-state index in [9.17, 15) is 13.2 Å². The normalized spacial score (nSPS) is 11.2. The highest BCUT2D eigenvalue weighted by atomic mass is 35.5. The van der Waals surface area contributed by atoms with Gasteiger partial charge in [0.1, 0.15) is 12.4 Å². The Morgan fingerprint density at radius 1 is 1.00 bits per heavy atom. The fourth-order valence-corrected chi connectivity index (χ4v) is 4.74. The van der Waals surface area contributed by atoms with E-state index in [0.29, 0.717) is 29.4 Å². The van der Waals surface area contributed by atoms with E-state index in [1.54, 1.807) is 42.5 Å². The number of nitrogens with zero attached hydrogens (tertiary/aromatic N) is 1. The summed E-state index contributed by atoms with van der Waals surface area (Å²) in [5.74, 6) is 0.554. The van der Waals surface area contributed by atoms with Crippen LogP contribution in [0.5, 0.6) is 5.75 Å². The maximum Gasteiger partial charge on any atom is 0.251 e. The highest BCUT2D eigenvalue weighted by Gasteiger charge is 2.20. The summed E-state index contributed by atoms with van der Waals surface area (Å²) in [4.78, 5) is 12.5. The maximum absolute atomic E-state index is 12.5. The molecule has 3 rings (SSSR count). The molecule has 0 radical (unpaired) electrons. The number of benzene rings is 3. The number of hydrogen-bond acceptors (Lipinski definition) is 4. The number of carbonyl (C=O) groups excluding carboxylic acids is 1. The Labute approximate surface area is 212 Å². The van der Waals surface area contributed by atoms with Crippen molar-refractivity contribution in [1.82, 2.24) is 5.32 Å².